The number of rotatable bonds is 3. The lowest BCUT2D eigenvalue weighted by molar-refractivity contribution is 0.301. The van der Waals surface area contributed by atoms with Gasteiger partial charge < -0.3 is 4.74 Å². The monoisotopic (exact) mass is 254 g/mol. The molecule has 16 heavy (non-hydrogen) atoms. The van der Waals surface area contributed by atoms with Crippen LogP contribution in [-0.2, 0) is 6.61 Å². The number of benzene rings is 1. The van der Waals surface area contributed by atoms with E-state index in [0.717, 1.165) is 5.75 Å². The number of aryl methyl sites for hydroxylation is 2. The van der Waals surface area contributed by atoms with Gasteiger partial charge in [0.15, 0.2) is 0 Å². The molecule has 0 saturated carbocycles. The van der Waals surface area contributed by atoms with Gasteiger partial charge in [0, 0.05) is 11.5 Å². The second kappa shape index (κ2) is 4.80. The van der Waals surface area contributed by atoms with Gasteiger partial charge >= 0.3 is 0 Å². The number of ether oxygens (including phenoxy) is 1. The van der Waals surface area contributed by atoms with Gasteiger partial charge in [0.2, 0.25) is 0 Å². The van der Waals surface area contributed by atoms with E-state index in [2.05, 4.69) is 15.7 Å². The van der Waals surface area contributed by atoms with E-state index >= 15 is 0 Å². The minimum absolute atomic E-state index is 0.359. The zero-order valence-electron chi connectivity index (χ0n) is 9.03. The standard InChI is InChI=1S/C11H11ClN2OS/c1-7-3-8(2)5-9(4-7)15-6-10-11(12)16-14-13-10/h3-5H,6H2,1-2H3. The van der Waals surface area contributed by atoms with Gasteiger partial charge in [-0.05, 0) is 37.1 Å². The molecule has 0 spiro atoms. The molecule has 0 aliphatic carbocycles. The third-order valence-corrected chi connectivity index (χ3v) is 3.06. The van der Waals surface area contributed by atoms with Crippen molar-refractivity contribution in [3.63, 3.8) is 0 Å². The molecule has 1 heterocycles. The molecule has 0 N–H and O–H groups in total. The molecule has 0 amide bonds. The zero-order chi connectivity index (χ0) is 11.5. The van der Waals surface area contributed by atoms with Crippen molar-refractivity contribution in [3.8, 4) is 5.75 Å². The maximum absolute atomic E-state index is 5.88. The topological polar surface area (TPSA) is 35.0 Å². The van der Waals surface area contributed by atoms with Crippen LogP contribution in [-0.4, -0.2) is 9.59 Å². The van der Waals surface area contributed by atoms with Gasteiger partial charge in [0.1, 0.15) is 22.4 Å². The largest absolute Gasteiger partial charge is 0.487 e. The fourth-order valence-electron chi connectivity index (χ4n) is 1.45. The molecule has 2 rings (SSSR count). The van der Waals surface area contributed by atoms with Crippen LogP contribution >= 0.6 is 23.1 Å². The van der Waals surface area contributed by atoms with Crippen molar-refractivity contribution in [2.45, 2.75) is 20.5 Å². The summed E-state index contributed by atoms with van der Waals surface area (Å²) in [7, 11) is 0. The minimum atomic E-state index is 0.359. The first kappa shape index (κ1) is 11.4. The Kier molecular flexibility index (Phi) is 3.41. The molecule has 1 aromatic heterocycles. The number of halogens is 1. The molecule has 0 saturated heterocycles. The van der Waals surface area contributed by atoms with Crippen LogP contribution in [0.1, 0.15) is 16.8 Å². The predicted octanol–water partition coefficient (Wildman–Crippen LogP) is 3.39. The lowest BCUT2D eigenvalue weighted by Crippen LogP contribution is -1.97. The van der Waals surface area contributed by atoms with Gasteiger partial charge in [-0.2, -0.15) is 0 Å². The number of hydrogen-bond acceptors (Lipinski definition) is 4. The maximum atomic E-state index is 5.88. The molecule has 3 nitrogen and oxygen atoms in total. The molecule has 2 aromatic rings. The molecular weight excluding hydrogens is 244 g/mol. The molecule has 1 aromatic carbocycles. The van der Waals surface area contributed by atoms with E-state index in [1.165, 1.54) is 22.7 Å². The third kappa shape index (κ3) is 2.71. The summed E-state index contributed by atoms with van der Waals surface area (Å²) in [5, 5.41) is 3.89. The first-order chi connectivity index (χ1) is 7.65. The fraction of sp³-hybridized carbons (Fsp3) is 0.273. The Bertz CT molecular complexity index is 478. The summed E-state index contributed by atoms with van der Waals surface area (Å²) in [6.45, 7) is 4.44. The van der Waals surface area contributed by atoms with E-state index in [-0.39, 0.29) is 0 Å². The van der Waals surface area contributed by atoms with Crippen LogP contribution in [0.15, 0.2) is 18.2 Å². The average Bonchev–Trinajstić information content (AvgIpc) is 2.59. The van der Waals surface area contributed by atoms with Gasteiger partial charge in [0.25, 0.3) is 0 Å². The van der Waals surface area contributed by atoms with Crippen LogP contribution in [0.25, 0.3) is 0 Å². The summed E-state index contributed by atoms with van der Waals surface area (Å²) in [6.07, 6.45) is 0. The molecule has 0 atom stereocenters. The predicted molar refractivity (Wildman–Crippen MR) is 65.2 cm³/mol. The highest BCUT2D eigenvalue weighted by atomic mass is 35.5. The van der Waals surface area contributed by atoms with Crippen molar-refractivity contribution in [3.05, 3.63) is 39.4 Å². The van der Waals surface area contributed by atoms with E-state index in [9.17, 15) is 0 Å². The quantitative estimate of drug-likeness (QED) is 0.842. The van der Waals surface area contributed by atoms with Crippen molar-refractivity contribution in [1.29, 1.82) is 0 Å². The minimum Gasteiger partial charge on any atom is -0.487 e. The second-order valence-electron chi connectivity index (χ2n) is 3.61. The van der Waals surface area contributed by atoms with Crippen LogP contribution in [0.3, 0.4) is 0 Å². The highest BCUT2D eigenvalue weighted by molar-refractivity contribution is 7.10. The van der Waals surface area contributed by atoms with Crippen LogP contribution in [0.5, 0.6) is 5.75 Å². The lowest BCUT2D eigenvalue weighted by atomic mass is 10.1. The highest BCUT2D eigenvalue weighted by Gasteiger charge is 2.06. The summed E-state index contributed by atoms with van der Waals surface area (Å²) >= 11 is 7.05. The van der Waals surface area contributed by atoms with Crippen molar-refractivity contribution < 1.29 is 4.74 Å². The van der Waals surface area contributed by atoms with E-state index in [0.29, 0.717) is 16.6 Å². The Morgan fingerprint density at radius 1 is 1.25 bits per heavy atom. The Balaban J connectivity index is 2.07. The Morgan fingerprint density at radius 2 is 1.94 bits per heavy atom. The molecule has 0 radical (unpaired) electrons. The smallest absolute Gasteiger partial charge is 0.141 e. The molecule has 5 heteroatoms. The fourth-order valence-corrected chi connectivity index (χ4v) is 2.05. The summed E-state index contributed by atoms with van der Waals surface area (Å²) in [5.41, 5.74) is 3.04. The van der Waals surface area contributed by atoms with Gasteiger partial charge in [-0.3, -0.25) is 0 Å². The first-order valence-corrected chi connectivity index (χ1v) is 5.98. The van der Waals surface area contributed by atoms with Gasteiger partial charge in [0.05, 0.1) is 0 Å². The van der Waals surface area contributed by atoms with Crippen LogP contribution in [0, 0.1) is 13.8 Å². The summed E-state index contributed by atoms with van der Waals surface area (Å²) < 4.78 is 9.95. The number of nitrogens with zero attached hydrogens (tertiary/aromatic N) is 2. The third-order valence-electron chi connectivity index (χ3n) is 2.08. The van der Waals surface area contributed by atoms with E-state index in [4.69, 9.17) is 16.3 Å². The van der Waals surface area contributed by atoms with Gasteiger partial charge in [-0.15, -0.1) is 5.10 Å². The molecule has 0 unspecified atom stereocenters. The Morgan fingerprint density at radius 3 is 2.50 bits per heavy atom. The molecular formula is C11H11ClN2OS. The SMILES string of the molecule is Cc1cc(C)cc(OCc2nnsc2Cl)c1. The van der Waals surface area contributed by atoms with Crippen molar-refractivity contribution in [2.75, 3.05) is 0 Å². The van der Waals surface area contributed by atoms with E-state index in [1.807, 2.05) is 26.0 Å². The summed E-state index contributed by atoms with van der Waals surface area (Å²) in [5.74, 6) is 0.835. The summed E-state index contributed by atoms with van der Waals surface area (Å²) in [6, 6.07) is 6.08. The second-order valence-corrected chi connectivity index (χ2v) is 4.96. The molecule has 0 aliphatic rings. The molecule has 84 valence electrons. The highest BCUT2D eigenvalue weighted by Crippen LogP contribution is 2.21. The van der Waals surface area contributed by atoms with E-state index < -0.39 is 0 Å². The van der Waals surface area contributed by atoms with Crippen LogP contribution < -0.4 is 4.74 Å². The van der Waals surface area contributed by atoms with Crippen LogP contribution in [0.2, 0.25) is 4.34 Å². The maximum Gasteiger partial charge on any atom is 0.141 e. The van der Waals surface area contributed by atoms with Crippen molar-refractivity contribution in [1.82, 2.24) is 9.59 Å². The van der Waals surface area contributed by atoms with Crippen molar-refractivity contribution in [2.24, 2.45) is 0 Å². The van der Waals surface area contributed by atoms with Crippen molar-refractivity contribution >= 4 is 23.1 Å². The molecule has 0 aliphatic heterocycles. The van der Waals surface area contributed by atoms with E-state index in [1.54, 1.807) is 0 Å². The lowest BCUT2D eigenvalue weighted by Gasteiger charge is -2.06. The zero-order valence-corrected chi connectivity index (χ0v) is 10.6. The summed E-state index contributed by atoms with van der Waals surface area (Å²) in [4.78, 5) is 0. The van der Waals surface area contributed by atoms with Crippen LogP contribution in [0.4, 0.5) is 0 Å². The first-order valence-electron chi connectivity index (χ1n) is 4.83. The number of aromatic nitrogens is 2. The normalized spacial score (nSPS) is 10.4. The van der Waals surface area contributed by atoms with Gasteiger partial charge in [-0.1, -0.05) is 22.2 Å². The Labute approximate surface area is 103 Å². The van der Waals surface area contributed by atoms with Gasteiger partial charge in [-0.25, -0.2) is 0 Å². The molecule has 0 bridgehead atoms. The molecule has 0 fully saturated rings. The number of hydrogen-bond donors (Lipinski definition) is 0. The Hall–Kier alpha value is -1.13. The average molecular weight is 255 g/mol.